The van der Waals surface area contributed by atoms with Gasteiger partial charge in [0.05, 0.1) is 12.5 Å². The number of para-hydroxylation sites is 1. The van der Waals surface area contributed by atoms with Crippen molar-refractivity contribution in [3.63, 3.8) is 0 Å². The highest BCUT2D eigenvalue weighted by atomic mass is 15.1. The van der Waals surface area contributed by atoms with Crippen molar-refractivity contribution in [3.8, 4) is 6.07 Å². The van der Waals surface area contributed by atoms with Gasteiger partial charge in [0.1, 0.15) is 5.82 Å². The zero-order valence-electron chi connectivity index (χ0n) is 11.6. The third-order valence-corrected chi connectivity index (χ3v) is 3.07. The van der Waals surface area contributed by atoms with Gasteiger partial charge in [-0.25, -0.2) is 4.98 Å². The summed E-state index contributed by atoms with van der Waals surface area (Å²) in [7, 11) is 1.86. The number of aromatic nitrogens is 1. The molecule has 2 aromatic rings. The molecular formula is C16H18N4. The Labute approximate surface area is 119 Å². The maximum absolute atomic E-state index is 8.81. The van der Waals surface area contributed by atoms with Gasteiger partial charge < -0.3 is 10.2 Å². The van der Waals surface area contributed by atoms with Crippen molar-refractivity contribution in [2.45, 2.75) is 13.0 Å². The predicted molar refractivity (Wildman–Crippen MR) is 81.5 cm³/mol. The minimum Gasteiger partial charge on any atom is -0.373 e. The van der Waals surface area contributed by atoms with Crippen molar-refractivity contribution in [1.29, 1.82) is 5.26 Å². The number of benzene rings is 1. The Hall–Kier alpha value is -2.54. The summed E-state index contributed by atoms with van der Waals surface area (Å²) in [5.74, 6) is 0.857. The van der Waals surface area contributed by atoms with Crippen molar-refractivity contribution in [2.24, 2.45) is 0 Å². The Morgan fingerprint density at radius 2 is 2.05 bits per heavy atom. The van der Waals surface area contributed by atoms with E-state index in [1.165, 1.54) is 5.56 Å². The average molecular weight is 266 g/mol. The number of nitrogens with one attached hydrogen (secondary N) is 1. The molecule has 0 saturated carbocycles. The molecule has 1 aromatic carbocycles. The maximum atomic E-state index is 8.81. The highest BCUT2D eigenvalue weighted by Crippen LogP contribution is 2.18. The fourth-order valence-corrected chi connectivity index (χ4v) is 2.05. The lowest BCUT2D eigenvalue weighted by Crippen LogP contribution is -2.23. The molecule has 0 aliphatic carbocycles. The SMILES string of the molecule is CNc1cc(CN(CCC#N)c2ccccc2)ccn1. The molecule has 2 rings (SSSR count). The molecule has 0 spiro atoms. The van der Waals surface area contributed by atoms with E-state index in [2.05, 4.69) is 33.4 Å². The molecule has 0 bridgehead atoms. The molecule has 0 radical (unpaired) electrons. The van der Waals surface area contributed by atoms with E-state index in [1.807, 2.05) is 37.4 Å². The second-order valence-corrected chi connectivity index (χ2v) is 4.46. The van der Waals surface area contributed by atoms with Crippen LogP contribution in [0.5, 0.6) is 0 Å². The van der Waals surface area contributed by atoms with Crippen LogP contribution < -0.4 is 10.2 Å². The summed E-state index contributed by atoms with van der Waals surface area (Å²) in [6.07, 6.45) is 2.31. The largest absolute Gasteiger partial charge is 0.373 e. The van der Waals surface area contributed by atoms with Gasteiger partial charge in [-0.15, -0.1) is 0 Å². The van der Waals surface area contributed by atoms with Crippen LogP contribution >= 0.6 is 0 Å². The lowest BCUT2D eigenvalue weighted by molar-refractivity contribution is 0.797. The molecular weight excluding hydrogens is 248 g/mol. The van der Waals surface area contributed by atoms with Crippen LogP contribution in [0.1, 0.15) is 12.0 Å². The maximum Gasteiger partial charge on any atom is 0.125 e. The zero-order chi connectivity index (χ0) is 14.2. The Morgan fingerprint density at radius 3 is 2.75 bits per heavy atom. The van der Waals surface area contributed by atoms with E-state index in [9.17, 15) is 0 Å². The second-order valence-electron chi connectivity index (χ2n) is 4.46. The minimum absolute atomic E-state index is 0.513. The first-order chi connectivity index (χ1) is 9.83. The van der Waals surface area contributed by atoms with Gasteiger partial charge in [0.25, 0.3) is 0 Å². The Morgan fingerprint density at radius 1 is 1.25 bits per heavy atom. The molecule has 1 heterocycles. The molecule has 0 saturated heterocycles. The molecule has 102 valence electrons. The highest BCUT2D eigenvalue weighted by molar-refractivity contribution is 5.47. The van der Waals surface area contributed by atoms with E-state index in [0.29, 0.717) is 6.42 Å². The van der Waals surface area contributed by atoms with Gasteiger partial charge in [-0.1, -0.05) is 18.2 Å². The van der Waals surface area contributed by atoms with Crippen molar-refractivity contribution >= 4 is 11.5 Å². The molecule has 1 N–H and O–H groups in total. The third kappa shape index (κ3) is 3.72. The minimum atomic E-state index is 0.513. The summed E-state index contributed by atoms with van der Waals surface area (Å²) in [5.41, 5.74) is 2.30. The van der Waals surface area contributed by atoms with Gasteiger partial charge in [-0.3, -0.25) is 0 Å². The summed E-state index contributed by atoms with van der Waals surface area (Å²) in [6, 6.07) is 16.4. The fourth-order valence-electron chi connectivity index (χ4n) is 2.05. The van der Waals surface area contributed by atoms with Crippen LogP contribution in [0.25, 0.3) is 0 Å². The number of nitriles is 1. The normalized spacial score (nSPS) is 9.80. The Kier molecular flexibility index (Phi) is 4.96. The number of pyridine rings is 1. The summed E-state index contributed by atoms with van der Waals surface area (Å²) >= 11 is 0. The molecule has 0 atom stereocenters. The predicted octanol–water partition coefficient (Wildman–Crippen LogP) is 3.04. The van der Waals surface area contributed by atoms with Gasteiger partial charge in [0.2, 0.25) is 0 Å². The molecule has 0 aliphatic rings. The van der Waals surface area contributed by atoms with Crippen LogP contribution in [0, 0.1) is 11.3 Å². The number of nitrogens with zero attached hydrogens (tertiary/aromatic N) is 3. The first-order valence-corrected chi connectivity index (χ1v) is 6.63. The smallest absolute Gasteiger partial charge is 0.125 e. The van der Waals surface area contributed by atoms with Crippen LogP contribution in [-0.2, 0) is 6.54 Å². The van der Waals surface area contributed by atoms with Crippen LogP contribution in [-0.4, -0.2) is 18.6 Å². The summed E-state index contributed by atoms with van der Waals surface area (Å²) in [4.78, 5) is 6.42. The monoisotopic (exact) mass is 266 g/mol. The fraction of sp³-hybridized carbons (Fsp3) is 0.250. The number of hydrogen-bond acceptors (Lipinski definition) is 4. The van der Waals surface area contributed by atoms with Crippen molar-refractivity contribution in [3.05, 3.63) is 54.2 Å². The van der Waals surface area contributed by atoms with E-state index in [1.54, 1.807) is 6.20 Å². The third-order valence-electron chi connectivity index (χ3n) is 3.07. The Balaban J connectivity index is 2.17. The van der Waals surface area contributed by atoms with E-state index >= 15 is 0 Å². The number of hydrogen-bond donors (Lipinski definition) is 1. The van der Waals surface area contributed by atoms with Gasteiger partial charge in [-0.05, 0) is 29.8 Å². The van der Waals surface area contributed by atoms with Crippen molar-refractivity contribution in [1.82, 2.24) is 4.98 Å². The average Bonchev–Trinajstić information content (AvgIpc) is 2.52. The van der Waals surface area contributed by atoms with Crippen molar-refractivity contribution < 1.29 is 0 Å². The molecule has 0 aliphatic heterocycles. The standard InChI is InChI=1S/C16H18N4/c1-18-16-12-14(8-10-19-16)13-20(11-5-9-17)15-6-3-2-4-7-15/h2-4,6-8,10,12H,5,11,13H2,1H3,(H,18,19). The van der Waals surface area contributed by atoms with Crippen LogP contribution in [0.4, 0.5) is 11.5 Å². The topological polar surface area (TPSA) is 52.0 Å². The quantitative estimate of drug-likeness (QED) is 0.873. The summed E-state index contributed by atoms with van der Waals surface area (Å²) in [5, 5.41) is 11.9. The van der Waals surface area contributed by atoms with Crippen LogP contribution in [0.2, 0.25) is 0 Å². The molecule has 1 aromatic heterocycles. The van der Waals surface area contributed by atoms with E-state index in [0.717, 1.165) is 24.6 Å². The molecule has 4 heteroatoms. The zero-order valence-corrected chi connectivity index (χ0v) is 11.6. The van der Waals surface area contributed by atoms with E-state index in [-0.39, 0.29) is 0 Å². The summed E-state index contributed by atoms with van der Waals surface area (Å²) < 4.78 is 0. The van der Waals surface area contributed by atoms with Gasteiger partial charge in [0.15, 0.2) is 0 Å². The molecule has 0 amide bonds. The summed E-state index contributed by atoms with van der Waals surface area (Å²) in [6.45, 7) is 1.49. The van der Waals surface area contributed by atoms with Gasteiger partial charge >= 0.3 is 0 Å². The lowest BCUT2D eigenvalue weighted by atomic mass is 10.2. The van der Waals surface area contributed by atoms with Crippen LogP contribution in [0.15, 0.2) is 48.7 Å². The van der Waals surface area contributed by atoms with Gasteiger partial charge in [0, 0.05) is 32.0 Å². The van der Waals surface area contributed by atoms with Gasteiger partial charge in [-0.2, -0.15) is 5.26 Å². The van der Waals surface area contributed by atoms with E-state index < -0.39 is 0 Å². The number of rotatable bonds is 6. The highest BCUT2D eigenvalue weighted by Gasteiger charge is 2.07. The Bertz CT molecular complexity index is 575. The molecule has 0 fully saturated rings. The molecule has 0 unspecified atom stereocenters. The lowest BCUT2D eigenvalue weighted by Gasteiger charge is -2.24. The second kappa shape index (κ2) is 7.15. The van der Waals surface area contributed by atoms with Crippen molar-refractivity contribution in [2.75, 3.05) is 23.8 Å². The molecule has 20 heavy (non-hydrogen) atoms. The number of anilines is 2. The van der Waals surface area contributed by atoms with E-state index in [4.69, 9.17) is 5.26 Å². The first kappa shape index (κ1) is 13.9. The van der Waals surface area contributed by atoms with Crippen LogP contribution in [0.3, 0.4) is 0 Å². The molecule has 4 nitrogen and oxygen atoms in total. The first-order valence-electron chi connectivity index (χ1n) is 6.63.